The van der Waals surface area contributed by atoms with Crippen LogP contribution in [-0.4, -0.2) is 87.1 Å². The molecular weight excluding hydrogens is 470 g/mol. The van der Waals surface area contributed by atoms with Crippen molar-refractivity contribution in [2.45, 2.75) is 63.4 Å². The van der Waals surface area contributed by atoms with Gasteiger partial charge in [0, 0.05) is 38.8 Å². The lowest BCUT2D eigenvalue weighted by Crippen LogP contribution is -2.57. The maximum absolute atomic E-state index is 14.3. The molecule has 0 bridgehead atoms. The van der Waals surface area contributed by atoms with Crippen molar-refractivity contribution >= 4 is 17.7 Å². The summed E-state index contributed by atoms with van der Waals surface area (Å²) in [6, 6.07) is 8.88. The van der Waals surface area contributed by atoms with Crippen LogP contribution in [-0.2, 0) is 25.7 Å². The average Bonchev–Trinajstić information content (AvgIpc) is 3.17. The van der Waals surface area contributed by atoms with Gasteiger partial charge in [0.1, 0.15) is 11.6 Å². The summed E-state index contributed by atoms with van der Waals surface area (Å²) >= 11 is 0. The summed E-state index contributed by atoms with van der Waals surface area (Å²) in [6.07, 6.45) is 8.57. The van der Waals surface area contributed by atoms with Crippen molar-refractivity contribution in [3.8, 4) is 0 Å². The topological polar surface area (TPSA) is 90.4 Å². The van der Waals surface area contributed by atoms with Crippen LogP contribution in [0.15, 0.2) is 54.6 Å². The second-order valence-corrected chi connectivity index (χ2v) is 10.8. The third-order valence-electron chi connectivity index (χ3n) is 8.45. The van der Waals surface area contributed by atoms with Gasteiger partial charge in [-0.15, -0.1) is 0 Å². The van der Waals surface area contributed by atoms with Gasteiger partial charge in [-0.05, 0) is 32.3 Å². The lowest BCUT2D eigenvalue weighted by molar-refractivity contribution is -0.155. The predicted molar refractivity (Wildman–Crippen MR) is 138 cm³/mol. The number of nitrogens with zero attached hydrogens (tertiary/aromatic N) is 3. The van der Waals surface area contributed by atoms with Gasteiger partial charge < -0.3 is 24.5 Å². The standard InChI is InChI=1S/C29H37N3O5/c1-4-28-13-8-15-30(19-21-11-6-5-7-12-21)25(34)22(28)23-26(35)32(17-10-18-33)24-27(36)31(20(2)3)16-9-14-29(23,24)37-28/h5-9,11-14,20,22-24,33H,4,10,15-19H2,1-3H3/t22-,23-,24?,28+,29-/m0/s1. The molecule has 37 heavy (non-hydrogen) atoms. The Morgan fingerprint density at radius 1 is 1.00 bits per heavy atom. The van der Waals surface area contributed by atoms with Crippen LogP contribution in [0.1, 0.15) is 39.2 Å². The number of carbonyl (C=O) groups is 3. The maximum atomic E-state index is 14.3. The summed E-state index contributed by atoms with van der Waals surface area (Å²) < 4.78 is 6.93. The summed E-state index contributed by atoms with van der Waals surface area (Å²) in [5.41, 5.74) is -1.22. The molecule has 0 aromatic heterocycles. The monoisotopic (exact) mass is 507 g/mol. The molecule has 198 valence electrons. The van der Waals surface area contributed by atoms with E-state index in [1.807, 2.05) is 75.4 Å². The predicted octanol–water partition coefficient (Wildman–Crippen LogP) is 2.14. The van der Waals surface area contributed by atoms with E-state index < -0.39 is 29.1 Å². The van der Waals surface area contributed by atoms with Crippen LogP contribution in [0.2, 0.25) is 0 Å². The summed E-state index contributed by atoms with van der Waals surface area (Å²) in [7, 11) is 0. The second kappa shape index (κ2) is 9.72. The van der Waals surface area contributed by atoms with Gasteiger partial charge in [-0.25, -0.2) is 0 Å². The number of carbonyl (C=O) groups excluding carboxylic acids is 3. The first kappa shape index (κ1) is 25.7. The first-order valence-electron chi connectivity index (χ1n) is 13.4. The maximum Gasteiger partial charge on any atom is 0.249 e. The van der Waals surface area contributed by atoms with E-state index in [-0.39, 0.29) is 36.9 Å². The van der Waals surface area contributed by atoms with E-state index in [0.717, 1.165) is 5.56 Å². The minimum Gasteiger partial charge on any atom is -0.396 e. The minimum absolute atomic E-state index is 0.0592. The fourth-order valence-electron chi connectivity index (χ4n) is 6.72. The molecule has 1 N–H and O–H groups in total. The highest BCUT2D eigenvalue weighted by molar-refractivity contribution is 6.00. The summed E-state index contributed by atoms with van der Waals surface area (Å²) in [6.45, 7) is 7.30. The number of likely N-dealkylation sites (tertiary alicyclic amines) is 1. The van der Waals surface area contributed by atoms with Crippen LogP contribution >= 0.6 is 0 Å². The summed E-state index contributed by atoms with van der Waals surface area (Å²) in [4.78, 5) is 47.6. The molecule has 4 aliphatic rings. The number of ether oxygens (including phenoxy) is 1. The number of aliphatic hydroxyl groups is 1. The molecule has 1 spiro atoms. The van der Waals surface area contributed by atoms with Gasteiger partial charge >= 0.3 is 0 Å². The van der Waals surface area contributed by atoms with Crippen LogP contribution in [0.4, 0.5) is 0 Å². The highest BCUT2D eigenvalue weighted by Crippen LogP contribution is 2.58. The van der Waals surface area contributed by atoms with Crippen molar-refractivity contribution < 1.29 is 24.2 Å². The molecule has 2 fully saturated rings. The minimum atomic E-state index is -1.25. The zero-order valence-corrected chi connectivity index (χ0v) is 21.9. The number of fused-ring (bicyclic) bond motifs is 2. The molecule has 4 heterocycles. The Hall–Kier alpha value is -2.97. The number of hydrogen-bond donors (Lipinski definition) is 1. The molecular formula is C29H37N3O5. The van der Waals surface area contributed by atoms with E-state index in [0.29, 0.717) is 32.5 Å². The molecule has 8 nitrogen and oxygen atoms in total. The van der Waals surface area contributed by atoms with Gasteiger partial charge in [0.2, 0.25) is 17.7 Å². The molecule has 4 aliphatic heterocycles. The third-order valence-corrected chi connectivity index (χ3v) is 8.45. The summed E-state index contributed by atoms with van der Waals surface area (Å²) in [5.74, 6) is -2.12. The molecule has 0 radical (unpaired) electrons. The van der Waals surface area contributed by atoms with E-state index >= 15 is 0 Å². The van der Waals surface area contributed by atoms with Crippen molar-refractivity contribution in [1.82, 2.24) is 14.7 Å². The van der Waals surface area contributed by atoms with Crippen molar-refractivity contribution in [2.75, 3.05) is 26.2 Å². The van der Waals surface area contributed by atoms with Crippen molar-refractivity contribution in [2.24, 2.45) is 11.8 Å². The molecule has 0 aliphatic carbocycles. The highest BCUT2D eigenvalue weighted by atomic mass is 16.5. The highest BCUT2D eigenvalue weighted by Gasteiger charge is 2.75. The fraction of sp³-hybridized carbons (Fsp3) is 0.552. The van der Waals surface area contributed by atoms with Crippen LogP contribution in [0.25, 0.3) is 0 Å². The van der Waals surface area contributed by atoms with Gasteiger partial charge in [0.25, 0.3) is 0 Å². The number of amides is 3. The van der Waals surface area contributed by atoms with Crippen molar-refractivity contribution in [3.63, 3.8) is 0 Å². The molecule has 5 atom stereocenters. The van der Waals surface area contributed by atoms with Gasteiger partial charge in [-0.2, -0.15) is 0 Å². The SMILES string of the molecule is CC[C@@]12C=CCN(Cc3ccccc3)C(=O)[C@@H]1[C@H]1C(=O)N(CCCO)C3C(=O)N(C(C)C)CC=C[C@@]31O2. The van der Waals surface area contributed by atoms with Crippen LogP contribution in [0, 0.1) is 11.8 Å². The second-order valence-electron chi connectivity index (χ2n) is 10.8. The first-order chi connectivity index (χ1) is 17.8. The Balaban J connectivity index is 1.61. The van der Waals surface area contributed by atoms with Crippen LogP contribution in [0.3, 0.4) is 0 Å². The van der Waals surface area contributed by atoms with Gasteiger partial charge in [0.05, 0.1) is 17.4 Å². The molecule has 0 saturated carbocycles. The van der Waals surface area contributed by atoms with Gasteiger partial charge in [-0.1, -0.05) is 61.6 Å². The first-order valence-corrected chi connectivity index (χ1v) is 13.4. The van der Waals surface area contributed by atoms with Gasteiger partial charge in [0.15, 0.2) is 0 Å². The normalized spacial score (nSPS) is 33.1. The Morgan fingerprint density at radius 3 is 2.41 bits per heavy atom. The van der Waals surface area contributed by atoms with Crippen LogP contribution < -0.4 is 0 Å². The molecule has 1 unspecified atom stereocenters. The zero-order valence-electron chi connectivity index (χ0n) is 21.9. The van der Waals surface area contributed by atoms with E-state index in [4.69, 9.17) is 4.74 Å². The van der Waals surface area contributed by atoms with E-state index in [1.165, 1.54) is 0 Å². The Kier molecular flexibility index (Phi) is 6.75. The van der Waals surface area contributed by atoms with E-state index in [2.05, 4.69) is 0 Å². The lowest BCUT2D eigenvalue weighted by atomic mass is 9.73. The van der Waals surface area contributed by atoms with Crippen molar-refractivity contribution in [3.05, 3.63) is 60.2 Å². The molecule has 1 aromatic rings. The lowest BCUT2D eigenvalue weighted by Gasteiger charge is -2.39. The smallest absolute Gasteiger partial charge is 0.249 e. The molecule has 1 aromatic carbocycles. The summed E-state index contributed by atoms with van der Waals surface area (Å²) in [5, 5.41) is 9.54. The Bertz CT molecular complexity index is 1120. The van der Waals surface area contributed by atoms with E-state index in [9.17, 15) is 19.5 Å². The largest absolute Gasteiger partial charge is 0.396 e. The molecule has 2 saturated heterocycles. The third kappa shape index (κ3) is 3.92. The number of aliphatic hydroxyl groups excluding tert-OH is 1. The van der Waals surface area contributed by atoms with Gasteiger partial charge in [-0.3, -0.25) is 14.4 Å². The number of benzene rings is 1. The van der Waals surface area contributed by atoms with E-state index in [1.54, 1.807) is 14.7 Å². The Morgan fingerprint density at radius 2 is 1.73 bits per heavy atom. The van der Waals surface area contributed by atoms with Crippen molar-refractivity contribution in [1.29, 1.82) is 0 Å². The average molecular weight is 508 g/mol. The fourth-order valence-corrected chi connectivity index (χ4v) is 6.72. The molecule has 8 heteroatoms. The zero-order chi connectivity index (χ0) is 26.4. The Labute approximate surface area is 218 Å². The van der Waals surface area contributed by atoms with Crippen LogP contribution in [0.5, 0.6) is 0 Å². The molecule has 5 rings (SSSR count). The number of hydrogen-bond acceptors (Lipinski definition) is 5. The molecule has 3 amide bonds. The quantitative estimate of drug-likeness (QED) is 0.571. The number of rotatable bonds is 7.